The van der Waals surface area contributed by atoms with Crippen molar-refractivity contribution in [2.45, 2.75) is 111 Å². The monoisotopic (exact) mass is 638 g/mol. The molecule has 0 saturated heterocycles. The largest absolute Gasteiger partial charge is 0.458 e. The number of esters is 1. The summed E-state index contributed by atoms with van der Waals surface area (Å²) in [4.78, 5) is 67.9. The summed E-state index contributed by atoms with van der Waals surface area (Å²) in [6.45, 7) is 15.7. The van der Waals surface area contributed by atoms with Crippen molar-refractivity contribution in [3.8, 4) is 0 Å². The van der Waals surface area contributed by atoms with Crippen molar-refractivity contribution in [2.24, 2.45) is 5.73 Å². The van der Waals surface area contributed by atoms with E-state index in [4.69, 9.17) is 15.2 Å². The average molecular weight is 639 g/mol. The first kappa shape index (κ1) is 37.8. The maximum absolute atomic E-state index is 14.4. The Morgan fingerprint density at radius 2 is 1.37 bits per heavy atom. The van der Waals surface area contributed by atoms with Crippen LogP contribution < -0.4 is 16.4 Å². The van der Waals surface area contributed by atoms with Crippen LogP contribution in [0.15, 0.2) is 48.5 Å². The molecule has 3 atom stereocenters. The minimum absolute atomic E-state index is 0.0591. The van der Waals surface area contributed by atoms with E-state index in [0.29, 0.717) is 5.56 Å². The predicted octanol–water partition coefficient (Wildman–Crippen LogP) is 4.42. The van der Waals surface area contributed by atoms with Gasteiger partial charge in [0.25, 0.3) is 0 Å². The van der Waals surface area contributed by atoms with Crippen LogP contribution in [0.1, 0.15) is 89.6 Å². The Morgan fingerprint density at radius 3 is 1.87 bits per heavy atom. The van der Waals surface area contributed by atoms with Crippen molar-refractivity contribution in [1.82, 2.24) is 15.5 Å². The standard InChI is InChI=1S/C35H50N4O7/c1-10-39(31(42)25(19-20-27(36)40)38-33(44)46-35(7,8)9)29(28-22(2)15-14-16-23(28)3)30(41)37-26(32(43)45-34(4,5)6)21-24-17-12-11-13-18-24/h11-18,25-26,29H,10,19-21H2,1-9H3,(H2,36,40)(H,37,41)(H,38,44). The van der Waals surface area contributed by atoms with Crippen LogP contribution in [0.4, 0.5) is 4.79 Å². The molecule has 0 aliphatic heterocycles. The molecule has 0 heterocycles. The maximum Gasteiger partial charge on any atom is 0.408 e. The summed E-state index contributed by atoms with van der Waals surface area (Å²) in [5.41, 5.74) is 6.61. The zero-order chi connectivity index (χ0) is 34.8. The lowest BCUT2D eigenvalue weighted by molar-refractivity contribution is -0.159. The van der Waals surface area contributed by atoms with Crippen LogP contribution in [-0.4, -0.2) is 64.5 Å². The fourth-order valence-corrected chi connectivity index (χ4v) is 5.01. The van der Waals surface area contributed by atoms with Gasteiger partial charge in [0.1, 0.15) is 29.3 Å². The molecule has 46 heavy (non-hydrogen) atoms. The van der Waals surface area contributed by atoms with E-state index >= 15 is 0 Å². The number of aryl methyl sites for hydroxylation is 2. The smallest absolute Gasteiger partial charge is 0.408 e. The number of alkyl carbamates (subject to hydrolysis) is 1. The Bertz CT molecular complexity index is 1360. The van der Waals surface area contributed by atoms with Crippen LogP contribution in [0.5, 0.6) is 0 Å². The van der Waals surface area contributed by atoms with Crippen LogP contribution in [-0.2, 0) is 35.1 Å². The molecule has 0 saturated carbocycles. The molecule has 0 radical (unpaired) electrons. The highest BCUT2D eigenvalue weighted by Gasteiger charge is 2.39. The Kier molecular flexibility index (Phi) is 13.3. The van der Waals surface area contributed by atoms with Gasteiger partial charge in [-0.2, -0.15) is 0 Å². The molecule has 0 spiro atoms. The van der Waals surface area contributed by atoms with Crippen LogP contribution in [0, 0.1) is 13.8 Å². The molecule has 0 fully saturated rings. The van der Waals surface area contributed by atoms with Crippen LogP contribution in [0.3, 0.4) is 0 Å². The number of amides is 4. The van der Waals surface area contributed by atoms with E-state index in [9.17, 15) is 24.0 Å². The number of rotatable bonds is 13. The van der Waals surface area contributed by atoms with Gasteiger partial charge in [-0.1, -0.05) is 48.5 Å². The fraction of sp³-hybridized carbons (Fsp3) is 0.514. The number of hydrogen-bond acceptors (Lipinski definition) is 7. The molecular weight excluding hydrogens is 588 g/mol. The number of carbonyl (C=O) groups is 5. The van der Waals surface area contributed by atoms with Crippen molar-refractivity contribution < 1.29 is 33.4 Å². The van der Waals surface area contributed by atoms with Crippen molar-refractivity contribution in [3.05, 3.63) is 70.8 Å². The topological polar surface area (TPSA) is 157 Å². The summed E-state index contributed by atoms with van der Waals surface area (Å²) in [7, 11) is 0. The van der Waals surface area contributed by atoms with E-state index in [1.807, 2.05) is 62.4 Å². The number of primary amides is 1. The van der Waals surface area contributed by atoms with Gasteiger partial charge in [-0.05, 0) is 91.0 Å². The third-order valence-corrected chi connectivity index (χ3v) is 6.96. The first-order valence-corrected chi connectivity index (χ1v) is 15.5. The molecule has 4 N–H and O–H groups in total. The van der Waals surface area contributed by atoms with E-state index in [-0.39, 0.29) is 25.8 Å². The lowest BCUT2D eigenvalue weighted by Crippen LogP contribution is -2.55. The first-order valence-electron chi connectivity index (χ1n) is 15.5. The van der Waals surface area contributed by atoms with Gasteiger partial charge in [0.2, 0.25) is 17.7 Å². The van der Waals surface area contributed by atoms with Crippen molar-refractivity contribution in [3.63, 3.8) is 0 Å². The molecule has 2 rings (SSSR count). The van der Waals surface area contributed by atoms with E-state index in [1.165, 1.54) is 4.90 Å². The minimum atomic E-state index is -1.23. The number of benzene rings is 2. The summed E-state index contributed by atoms with van der Waals surface area (Å²) in [6, 6.07) is 11.2. The number of nitrogens with two attached hydrogens (primary N) is 1. The molecule has 2 aromatic carbocycles. The quantitative estimate of drug-likeness (QED) is 0.274. The number of ether oxygens (including phenoxy) is 2. The molecule has 11 heteroatoms. The molecule has 11 nitrogen and oxygen atoms in total. The summed E-state index contributed by atoms with van der Waals surface area (Å²) < 4.78 is 11.1. The molecular formula is C35H50N4O7. The second kappa shape index (κ2) is 16.2. The minimum Gasteiger partial charge on any atom is -0.458 e. The van der Waals surface area contributed by atoms with Crippen molar-refractivity contribution in [2.75, 3.05) is 6.54 Å². The molecule has 3 unspecified atom stereocenters. The SMILES string of the molecule is CCN(C(=O)C(CCC(N)=O)NC(=O)OC(C)(C)C)C(C(=O)NC(Cc1ccccc1)C(=O)OC(C)(C)C)c1c(C)cccc1C. The molecule has 0 aliphatic carbocycles. The average Bonchev–Trinajstić information content (AvgIpc) is 2.92. The Labute approximate surface area is 272 Å². The second-order valence-electron chi connectivity index (χ2n) is 13.3. The number of nitrogens with zero attached hydrogens (tertiary/aromatic N) is 1. The number of hydrogen-bond donors (Lipinski definition) is 3. The van der Waals surface area contributed by atoms with Gasteiger partial charge < -0.3 is 30.7 Å². The second-order valence-corrected chi connectivity index (χ2v) is 13.3. The first-order chi connectivity index (χ1) is 21.3. The van der Waals surface area contributed by atoms with Crippen LogP contribution in [0.25, 0.3) is 0 Å². The van der Waals surface area contributed by atoms with Gasteiger partial charge in [0, 0.05) is 19.4 Å². The maximum atomic E-state index is 14.4. The summed E-state index contributed by atoms with van der Waals surface area (Å²) in [6.07, 6.45) is -1.00. The molecule has 0 aliphatic rings. The molecule has 2 aromatic rings. The molecule has 0 bridgehead atoms. The zero-order valence-electron chi connectivity index (χ0n) is 28.6. The third kappa shape index (κ3) is 11.8. The highest BCUT2D eigenvalue weighted by atomic mass is 16.6. The number of carbonyl (C=O) groups excluding carboxylic acids is 5. The van der Waals surface area contributed by atoms with Gasteiger partial charge in [-0.15, -0.1) is 0 Å². The van der Waals surface area contributed by atoms with E-state index in [2.05, 4.69) is 10.6 Å². The molecule has 0 aromatic heterocycles. The van der Waals surface area contributed by atoms with Gasteiger partial charge in [-0.3, -0.25) is 14.4 Å². The van der Waals surface area contributed by atoms with E-state index in [0.717, 1.165) is 16.7 Å². The van der Waals surface area contributed by atoms with Gasteiger partial charge in [0.15, 0.2) is 0 Å². The van der Waals surface area contributed by atoms with Crippen molar-refractivity contribution in [1.29, 1.82) is 0 Å². The summed E-state index contributed by atoms with van der Waals surface area (Å²) in [5, 5.41) is 5.45. The van der Waals surface area contributed by atoms with Crippen LogP contribution >= 0.6 is 0 Å². The van der Waals surface area contributed by atoms with E-state index in [1.54, 1.807) is 48.5 Å². The molecule has 252 valence electrons. The predicted molar refractivity (Wildman–Crippen MR) is 176 cm³/mol. The third-order valence-electron chi connectivity index (χ3n) is 6.96. The normalized spacial score (nSPS) is 13.5. The number of likely N-dealkylation sites (N-methyl/N-ethyl adjacent to an activating group) is 1. The Morgan fingerprint density at radius 1 is 0.804 bits per heavy atom. The number of nitrogens with one attached hydrogen (secondary N) is 2. The van der Waals surface area contributed by atoms with Crippen molar-refractivity contribution >= 4 is 29.8 Å². The van der Waals surface area contributed by atoms with Crippen LogP contribution in [0.2, 0.25) is 0 Å². The van der Waals surface area contributed by atoms with Gasteiger partial charge in [0.05, 0.1) is 0 Å². The molecule has 4 amide bonds. The lowest BCUT2D eigenvalue weighted by Gasteiger charge is -2.36. The lowest BCUT2D eigenvalue weighted by atomic mass is 9.93. The summed E-state index contributed by atoms with van der Waals surface area (Å²) >= 11 is 0. The summed E-state index contributed by atoms with van der Waals surface area (Å²) in [5.74, 6) is -2.50. The Hall–Kier alpha value is -4.41. The van der Waals surface area contributed by atoms with Gasteiger partial charge >= 0.3 is 12.1 Å². The van der Waals surface area contributed by atoms with E-state index < -0.39 is 59.1 Å². The zero-order valence-corrected chi connectivity index (χ0v) is 28.6. The fourth-order valence-electron chi connectivity index (χ4n) is 5.01. The highest BCUT2D eigenvalue weighted by Crippen LogP contribution is 2.29. The van der Waals surface area contributed by atoms with Gasteiger partial charge in [-0.25, -0.2) is 9.59 Å². The highest BCUT2D eigenvalue weighted by molar-refractivity contribution is 5.94. The Balaban J connectivity index is 2.61.